The van der Waals surface area contributed by atoms with Crippen molar-refractivity contribution in [1.29, 1.82) is 0 Å². The van der Waals surface area contributed by atoms with Crippen molar-refractivity contribution >= 4 is 0 Å². The smallest absolute Gasteiger partial charge is 0.119 e. The Balaban J connectivity index is 1.53. The van der Waals surface area contributed by atoms with E-state index < -0.39 is 0 Å². The molecule has 0 aromatic heterocycles. The largest absolute Gasteiger partial charge is 0.497 e. The summed E-state index contributed by atoms with van der Waals surface area (Å²) in [6, 6.07) is 7.70. The molecule has 0 bridgehead atoms. The number of rotatable bonds is 8. The van der Waals surface area contributed by atoms with Gasteiger partial charge in [-0.05, 0) is 62.9 Å². The quantitative estimate of drug-likeness (QED) is 0.581. The van der Waals surface area contributed by atoms with E-state index in [0.717, 1.165) is 24.6 Å². The highest BCUT2D eigenvalue weighted by molar-refractivity contribution is 5.31. The summed E-state index contributed by atoms with van der Waals surface area (Å²) in [4.78, 5) is 0. The highest BCUT2D eigenvalue weighted by Gasteiger charge is 2.02. The van der Waals surface area contributed by atoms with Crippen LogP contribution >= 0.6 is 0 Å². The molecule has 0 fully saturated rings. The third-order valence-electron chi connectivity index (χ3n) is 3.61. The molecule has 1 aromatic carbocycles. The molecule has 0 amide bonds. The number of methoxy groups -OCH3 is 1. The van der Waals surface area contributed by atoms with E-state index in [0.29, 0.717) is 6.61 Å². The molecular formula is C17H25NO2. The average Bonchev–Trinajstić information content (AvgIpc) is 2.52. The van der Waals surface area contributed by atoms with E-state index in [9.17, 15) is 0 Å². The number of hydrogen-bond acceptors (Lipinski definition) is 3. The maximum atomic E-state index is 5.66. The first-order valence-corrected chi connectivity index (χ1v) is 7.54. The number of hydrogen-bond donors (Lipinski definition) is 1. The predicted octanol–water partition coefficient (Wildman–Crippen LogP) is 3.55. The lowest BCUT2D eigenvalue weighted by atomic mass is 9.97. The second kappa shape index (κ2) is 8.64. The van der Waals surface area contributed by atoms with Crippen LogP contribution in [0.1, 0.15) is 32.1 Å². The van der Waals surface area contributed by atoms with E-state index in [1.807, 2.05) is 24.3 Å². The fraction of sp³-hybridized carbons (Fsp3) is 0.529. The first-order chi connectivity index (χ1) is 9.88. The number of ether oxygens (including phenoxy) is 2. The first-order valence-electron chi connectivity index (χ1n) is 7.54. The molecule has 0 aliphatic heterocycles. The minimum atomic E-state index is 0.700. The van der Waals surface area contributed by atoms with Crippen LogP contribution in [-0.4, -0.2) is 26.8 Å². The molecule has 0 saturated carbocycles. The predicted molar refractivity (Wildman–Crippen MR) is 82.5 cm³/mol. The minimum absolute atomic E-state index is 0.700. The normalized spacial score (nSPS) is 14.8. The van der Waals surface area contributed by atoms with Crippen LogP contribution in [0.4, 0.5) is 0 Å². The van der Waals surface area contributed by atoms with E-state index in [4.69, 9.17) is 9.47 Å². The summed E-state index contributed by atoms with van der Waals surface area (Å²) in [5.41, 5.74) is 1.62. The van der Waals surface area contributed by atoms with E-state index in [-0.39, 0.29) is 0 Å². The van der Waals surface area contributed by atoms with Crippen LogP contribution in [0, 0.1) is 0 Å². The van der Waals surface area contributed by atoms with Crippen molar-refractivity contribution in [2.75, 3.05) is 26.8 Å². The third kappa shape index (κ3) is 5.25. The van der Waals surface area contributed by atoms with Crippen molar-refractivity contribution in [2.24, 2.45) is 0 Å². The van der Waals surface area contributed by atoms with Gasteiger partial charge in [0.2, 0.25) is 0 Å². The van der Waals surface area contributed by atoms with Gasteiger partial charge in [0.05, 0.1) is 7.11 Å². The van der Waals surface area contributed by atoms with Crippen molar-refractivity contribution in [1.82, 2.24) is 5.32 Å². The Kier molecular flexibility index (Phi) is 6.45. The van der Waals surface area contributed by atoms with Crippen molar-refractivity contribution in [3.05, 3.63) is 35.9 Å². The van der Waals surface area contributed by atoms with Gasteiger partial charge in [-0.25, -0.2) is 0 Å². The molecule has 0 spiro atoms. The molecule has 0 radical (unpaired) electrons. The van der Waals surface area contributed by atoms with E-state index >= 15 is 0 Å². The first kappa shape index (κ1) is 14.9. The summed E-state index contributed by atoms with van der Waals surface area (Å²) in [6.07, 6.45) is 8.90. The molecule has 20 heavy (non-hydrogen) atoms. The fourth-order valence-corrected chi connectivity index (χ4v) is 2.42. The maximum absolute atomic E-state index is 5.66. The molecule has 1 N–H and O–H groups in total. The molecule has 0 heterocycles. The van der Waals surface area contributed by atoms with Gasteiger partial charge in [-0.3, -0.25) is 0 Å². The molecule has 0 atom stereocenters. The van der Waals surface area contributed by atoms with Gasteiger partial charge < -0.3 is 14.8 Å². The third-order valence-corrected chi connectivity index (χ3v) is 3.61. The molecule has 2 rings (SSSR count). The zero-order valence-corrected chi connectivity index (χ0v) is 12.4. The van der Waals surface area contributed by atoms with Crippen LogP contribution in [-0.2, 0) is 0 Å². The van der Waals surface area contributed by atoms with E-state index in [1.54, 1.807) is 12.7 Å². The van der Waals surface area contributed by atoms with E-state index in [1.165, 1.54) is 32.1 Å². The van der Waals surface area contributed by atoms with Crippen LogP contribution in [0.5, 0.6) is 11.5 Å². The summed E-state index contributed by atoms with van der Waals surface area (Å²) in [5, 5.41) is 3.43. The van der Waals surface area contributed by atoms with Crippen molar-refractivity contribution in [3.8, 4) is 11.5 Å². The molecule has 1 aliphatic carbocycles. The molecular weight excluding hydrogens is 250 g/mol. The molecule has 110 valence electrons. The van der Waals surface area contributed by atoms with Gasteiger partial charge in [-0.1, -0.05) is 11.6 Å². The average molecular weight is 275 g/mol. The molecule has 0 saturated heterocycles. The zero-order valence-electron chi connectivity index (χ0n) is 12.4. The van der Waals surface area contributed by atoms with Gasteiger partial charge >= 0.3 is 0 Å². The lowest BCUT2D eigenvalue weighted by Crippen LogP contribution is -2.22. The Morgan fingerprint density at radius 1 is 1.05 bits per heavy atom. The maximum Gasteiger partial charge on any atom is 0.119 e. The second-order valence-corrected chi connectivity index (χ2v) is 5.13. The second-order valence-electron chi connectivity index (χ2n) is 5.13. The van der Waals surface area contributed by atoms with Crippen molar-refractivity contribution in [2.45, 2.75) is 32.1 Å². The van der Waals surface area contributed by atoms with Crippen LogP contribution in [0.15, 0.2) is 35.9 Å². The van der Waals surface area contributed by atoms with Crippen molar-refractivity contribution < 1.29 is 9.47 Å². The van der Waals surface area contributed by atoms with Crippen molar-refractivity contribution in [3.63, 3.8) is 0 Å². The Labute approximate surface area is 122 Å². The summed E-state index contributed by atoms with van der Waals surface area (Å²) in [6.45, 7) is 2.64. The molecule has 1 aliphatic rings. The highest BCUT2D eigenvalue weighted by Crippen LogP contribution is 2.19. The minimum Gasteiger partial charge on any atom is -0.497 e. The summed E-state index contributed by atoms with van der Waals surface area (Å²) >= 11 is 0. The molecule has 3 nitrogen and oxygen atoms in total. The molecule has 3 heteroatoms. The Morgan fingerprint density at radius 3 is 2.55 bits per heavy atom. The van der Waals surface area contributed by atoms with Crippen LogP contribution in [0.25, 0.3) is 0 Å². The number of nitrogens with one attached hydrogen (secondary N) is 1. The van der Waals surface area contributed by atoms with Gasteiger partial charge in [0, 0.05) is 6.54 Å². The zero-order chi connectivity index (χ0) is 14.0. The topological polar surface area (TPSA) is 30.5 Å². The standard InChI is InChI=1S/C17H25NO2/c1-19-16-7-9-17(10-8-16)20-14-13-18-12-11-15-5-3-2-4-6-15/h5,7-10,18H,2-4,6,11-14H2,1H3. The highest BCUT2D eigenvalue weighted by atomic mass is 16.5. The van der Waals surface area contributed by atoms with Gasteiger partial charge in [0.15, 0.2) is 0 Å². The molecule has 0 unspecified atom stereocenters. The van der Waals surface area contributed by atoms with Gasteiger partial charge in [-0.15, -0.1) is 0 Å². The monoisotopic (exact) mass is 275 g/mol. The lowest BCUT2D eigenvalue weighted by Gasteiger charge is -2.13. The van der Waals surface area contributed by atoms with E-state index in [2.05, 4.69) is 11.4 Å². The number of benzene rings is 1. The van der Waals surface area contributed by atoms with Gasteiger partial charge in [0.1, 0.15) is 18.1 Å². The Morgan fingerprint density at radius 2 is 1.85 bits per heavy atom. The van der Waals surface area contributed by atoms with Gasteiger partial charge in [-0.2, -0.15) is 0 Å². The fourth-order valence-electron chi connectivity index (χ4n) is 2.42. The SMILES string of the molecule is COc1ccc(OCCNCCC2=CCCCC2)cc1. The van der Waals surface area contributed by atoms with Crippen LogP contribution < -0.4 is 14.8 Å². The Bertz CT molecular complexity index is 412. The lowest BCUT2D eigenvalue weighted by molar-refractivity contribution is 0.313. The van der Waals surface area contributed by atoms with Crippen LogP contribution in [0.2, 0.25) is 0 Å². The summed E-state index contributed by atoms with van der Waals surface area (Å²) in [5.74, 6) is 1.75. The summed E-state index contributed by atoms with van der Waals surface area (Å²) in [7, 11) is 1.67. The number of allylic oxidation sites excluding steroid dienone is 1. The summed E-state index contributed by atoms with van der Waals surface area (Å²) < 4.78 is 10.8. The van der Waals surface area contributed by atoms with Crippen LogP contribution in [0.3, 0.4) is 0 Å². The molecule has 1 aromatic rings. The Hall–Kier alpha value is -1.48. The van der Waals surface area contributed by atoms with Gasteiger partial charge in [0.25, 0.3) is 0 Å².